The molecule has 3 N–H and O–H groups in total. The van der Waals surface area contributed by atoms with Gasteiger partial charge >= 0.3 is 0 Å². The number of aliphatic hydroxyl groups is 3. The Morgan fingerprint density at radius 1 is 0.941 bits per heavy atom. The van der Waals surface area contributed by atoms with E-state index >= 15 is 0 Å². The fourth-order valence-corrected chi connectivity index (χ4v) is 10.2. The number of rotatable bonds is 4. The summed E-state index contributed by atoms with van der Waals surface area (Å²) in [7, 11) is 0. The summed E-state index contributed by atoms with van der Waals surface area (Å²) in [6.07, 6.45) is 10.3. The molecule has 4 rings (SSSR count). The van der Waals surface area contributed by atoms with Crippen LogP contribution in [0, 0.1) is 45.3 Å². The molecule has 0 radical (unpaired) electrons. The lowest BCUT2D eigenvalue weighted by Gasteiger charge is -2.66. The maximum atomic E-state index is 12.8. The number of carbonyl (C=O) groups excluding carboxylic acids is 1. The van der Waals surface area contributed by atoms with Crippen molar-refractivity contribution in [2.24, 2.45) is 45.3 Å². The maximum Gasteiger partial charge on any atom is 0.138 e. The van der Waals surface area contributed by atoms with Crippen molar-refractivity contribution < 1.29 is 20.1 Å². The molecule has 4 aliphatic carbocycles. The van der Waals surface area contributed by atoms with Gasteiger partial charge in [0.2, 0.25) is 0 Å². The lowest BCUT2D eigenvalue weighted by molar-refractivity contribution is -0.192. The first kappa shape index (κ1) is 26.4. The summed E-state index contributed by atoms with van der Waals surface area (Å²) in [5.74, 6) is 1.76. The number of ketones is 1. The highest BCUT2D eigenvalue weighted by molar-refractivity contribution is 5.85. The molecule has 0 bridgehead atoms. The summed E-state index contributed by atoms with van der Waals surface area (Å²) in [6.45, 7) is 16.9. The zero-order valence-corrected chi connectivity index (χ0v) is 22.9. The Bertz CT molecular complexity index is 850. The summed E-state index contributed by atoms with van der Waals surface area (Å²) < 4.78 is 0. The van der Waals surface area contributed by atoms with E-state index in [-0.39, 0.29) is 27.6 Å². The quantitative estimate of drug-likeness (QED) is 0.458. The summed E-state index contributed by atoms with van der Waals surface area (Å²) in [5, 5.41) is 33.2. The zero-order chi connectivity index (χ0) is 25.5. The standard InChI is InChI=1S/C30H50O4/c1-25(2,33)14-9-15-30(8,34)24-21(31)18-29(7)20-10-11-22-26(3,4)23(32)13-16-27(22,5)19(20)12-17-28(24,29)6/h9,14,19-22,24,31,33-34H,10-13,15-18H2,1-8H3/b14-9+/t19-,20+,21-,22+,24-,27-,28-,29-,30-/m1/s1. The van der Waals surface area contributed by atoms with Crippen molar-refractivity contribution in [2.75, 3.05) is 0 Å². The van der Waals surface area contributed by atoms with Gasteiger partial charge in [0.1, 0.15) is 5.78 Å². The molecule has 0 heterocycles. The van der Waals surface area contributed by atoms with Crippen LogP contribution in [0.2, 0.25) is 0 Å². The van der Waals surface area contributed by atoms with Gasteiger partial charge < -0.3 is 15.3 Å². The molecule has 34 heavy (non-hydrogen) atoms. The van der Waals surface area contributed by atoms with Crippen molar-refractivity contribution in [2.45, 2.75) is 124 Å². The molecule has 4 saturated carbocycles. The van der Waals surface area contributed by atoms with Crippen LogP contribution < -0.4 is 0 Å². The molecule has 4 heteroatoms. The minimum Gasteiger partial charge on any atom is -0.393 e. The predicted octanol–water partition coefficient (Wildman–Crippen LogP) is 5.68. The third kappa shape index (κ3) is 3.68. The van der Waals surface area contributed by atoms with E-state index in [9.17, 15) is 20.1 Å². The Hall–Kier alpha value is -0.710. The van der Waals surface area contributed by atoms with Crippen molar-refractivity contribution >= 4 is 5.78 Å². The predicted molar refractivity (Wildman–Crippen MR) is 136 cm³/mol. The van der Waals surface area contributed by atoms with Gasteiger partial charge in [-0.05, 0) is 99.7 Å². The Morgan fingerprint density at radius 2 is 1.59 bits per heavy atom. The minimum atomic E-state index is -1.04. The Labute approximate surface area is 207 Å². The molecular formula is C30H50O4. The van der Waals surface area contributed by atoms with Crippen molar-refractivity contribution in [3.8, 4) is 0 Å². The first-order valence-electron chi connectivity index (χ1n) is 13.7. The lowest BCUT2D eigenvalue weighted by Crippen LogP contribution is -2.61. The Balaban J connectivity index is 1.65. The highest BCUT2D eigenvalue weighted by atomic mass is 16.3. The largest absolute Gasteiger partial charge is 0.393 e. The van der Waals surface area contributed by atoms with Gasteiger partial charge in [0, 0.05) is 17.8 Å². The molecule has 194 valence electrons. The van der Waals surface area contributed by atoms with Crippen LogP contribution >= 0.6 is 0 Å². The van der Waals surface area contributed by atoms with Gasteiger partial charge in [-0.1, -0.05) is 46.8 Å². The second-order valence-corrected chi connectivity index (χ2v) is 14.7. The second-order valence-electron chi connectivity index (χ2n) is 14.7. The van der Waals surface area contributed by atoms with E-state index in [4.69, 9.17) is 0 Å². The topological polar surface area (TPSA) is 77.8 Å². The second kappa shape index (κ2) is 7.89. The third-order valence-electron chi connectivity index (χ3n) is 11.9. The van der Waals surface area contributed by atoms with Gasteiger partial charge in [-0.15, -0.1) is 0 Å². The summed E-state index contributed by atoms with van der Waals surface area (Å²) in [6, 6.07) is 0. The van der Waals surface area contributed by atoms with E-state index in [1.165, 1.54) is 0 Å². The van der Waals surface area contributed by atoms with Crippen molar-refractivity contribution in [3.05, 3.63) is 12.2 Å². The van der Waals surface area contributed by atoms with Crippen LogP contribution in [0.4, 0.5) is 0 Å². The molecule has 4 nitrogen and oxygen atoms in total. The molecule has 4 fully saturated rings. The normalized spacial score (nSPS) is 48.2. The van der Waals surface area contributed by atoms with E-state index in [0.29, 0.717) is 36.4 Å². The number of fused-ring (bicyclic) bond motifs is 5. The van der Waals surface area contributed by atoms with E-state index in [1.54, 1.807) is 19.9 Å². The van der Waals surface area contributed by atoms with Gasteiger partial charge in [0.15, 0.2) is 0 Å². The summed E-state index contributed by atoms with van der Waals surface area (Å²) in [4.78, 5) is 12.8. The van der Waals surface area contributed by atoms with Crippen LogP contribution in [0.3, 0.4) is 0 Å². The number of hydrogen-bond donors (Lipinski definition) is 3. The number of Topliss-reactive ketones (excluding diaryl/α,β-unsaturated/α-hetero) is 1. The molecule has 9 atom stereocenters. The van der Waals surface area contributed by atoms with Crippen LogP contribution in [0.5, 0.6) is 0 Å². The lowest BCUT2D eigenvalue weighted by atomic mass is 9.38. The smallest absolute Gasteiger partial charge is 0.138 e. The fraction of sp³-hybridized carbons (Fsp3) is 0.900. The number of carbonyl (C=O) groups is 1. The Morgan fingerprint density at radius 3 is 2.21 bits per heavy atom. The van der Waals surface area contributed by atoms with Gasteiger partial charge in [-0.3, -0.25) is 4.79 Å². The monoisotopic (exact) mass is 474 g/mol. The first-order valence-corrected chi connectivity index (χ1v) is 13.7. The molecular weight excluding hydrogens is 424 g/mol. The minimum absolute atomic E-state index is 0.0382. The maximum absolute atomic E-state index is 12.8. The average Bonchev–Trinajstić information content (AvgIpc) is 2.89. The molecule has 0 unspecified atom stereocenters. The average molecular weight is 475 g/mol. The molecule has 0 aromatic heterocycles. The molecule has 0 aliphatic heterocycles. The van der Waals surface area contributed by atoms with Crippen molar-refractivity contribution in [1.29, 1.82) is 0 Å². The molecule has 0 saturated heterocycles. The van der Waals surface area contributed by atoms with Crippen molar-refractivity contribution in [1.82, 2.24) is 0 Å². The van der Waals surface area contributed by atoms with Gasteiger partial charge in [0.25, 0.3) is 0 Å². The van der Waals surface area contributed by atoms with Crippen LogP contribution in [-0.2, 0) is 4.79 Å². The number of aliphatic hydroxyl groups excluding tert-OH is 1. The third-order valence-corrected chi connectivity index (χ3v) is 11.9. The molecule has 0 aromatic carbocycles. The SMILES string of the molecule is CC(C)(O)/C=C/C[C@@](C)(O)[C@@H]1[C@H](O)C[C@]2(C)[C@H]3CC[C@H]4C(C)(C)C(=O)CC[C@]4(C)[C@@H]3CC[C@]12C. The molecule has 0 spiro atoms. The van der Waals surface area contributed by atoms with E-state index in [1.807, 2.05) is 13.0 Å². The fourth-order valence-electron chi connectivity index (χ4n) is 10.2. The van der Waals surface area contributed by atoms with Crippen molar-refractivity contribution in [3.63, 3.8) is 0 Å². The van der Waals surface area contributed by atoms with E-state index < -0.39 is 17.3 Å². The van der Waals surface area contributed by atoms with Gasteiger partial charge in [-0.2, -0.15) is 0 Å². The summed E-state index contributed by atoms with van der Waals surface area (Å²) >= 11 is 0. The zero-order valence-electron chi connectivity index (χ0n) is 22.9. The summed E-state index contributed by atoms with van der Waals surface area (Å²) in [5.41, 5.74) is -2.21. The molecule has 0 aromatic rings. The van der Waals surface area contributed by atoms with Gasteiger partial charge in [-0.25, -0.2) is 0 Å². The van der Waals surface area contributed by atoms with Gasteiger partial charge in [0.05, 0.1) is 17.3 Å². The van der Waals surface area contributed by atoms with E-state index in [2.05, 4.69) is 34.6 Å². The molecule has 4 aliphatic rings. The van der Waals surface area contributed by atoms with E-state index in [0.717, 1.165) is 38.5 Å². The Kier molecular flexibility index (Phi) is 6.12. The highest BCUT2D eigenvalue weighted by Gasteiger charge is 2.70. The first-order chi connectivity index (χ1) is 15.4. The van der Waals surface area contributed by atoms with Crippen LogP contribution in [0.15, 0.2) is 12.2 Å². The van der Waals surface area contributed by atoms with Crippen LogP contribution in [0.25, 0.3) is 0 Å². The highest BCUT2D eigenvalue weighted by Crippen LogP contribution is 2.74. The molecule has 0 amide bonds. The van der Waals surface area contributed by atoms with Crippen LogP contribution in [0.1, 0.15) is 107 Å². The van der Waals surface area contributed by atoms with Crippen LogP contribution in [-0.4, -0.2) is 38.4 Å². The number of hydrogen-bond acceptors (Lipinski definition) is 4.